The third-order valence-electron chi connectivity index (χ3n) is 5.52. The van der Waals surface area contributed by atoms with Crippen LogP contribution >= 0.6 is 0 Å². The summed E-state index contributed by atoms with van der Waals surface area (Å²) in [4.78, 5) is 18.4. The van der Waals surface area contributed by atoms with E-state index in [9.17, 15) is 4.79 Å². The van der Waals surface area contributed by atoms with E-state index in [1.165, 1.54) is 0 Å². The summed E-state index contributed by atoms with van der Waals surface area (Å²) in [7, 11) is 0. The van der Waals surface area contributed by atoms with Crippen molar-refractivity contribution < 1.29 is 4.79 Å². The first-order valence-corrected chi connectivity index (χ1v) is 9.50. The summed E-state index contributed by atoms with van der Waals surface area (Å²) in [5, 5.41) is 4.66. The quantitative estimate of drug-likeness (QED) is 0.537. The summed E-state index contributed by atoms with van der Waals surface area (Å²) in [6, 6.07) is 28.1. The minimum Gasteiger partial charge on any atom is -0.368 e. The smallest absolute Gasteiger partial charge is 0.195 e. The Morgan fingerprint density at radius 1 is 0.893 bits per heavy atom. The van der Waals surface area contributed by atoms with E-state index in [2.05, 4.69) is 17.4 Å². The Labute approximate surface area is 164 Å². The maximum Gasteiger partial charge on any atom is 0.195 e. The van der Waals surface area contributed by atoms with Gasteiger partial charge in [0.1, 0.15) is 5.54 Å². The molecule has 3 nitrogen and oxygen atoms in total. The van der Waals surface area contributed by atoms with Crippen molar-refractivity contribution in [1.29, 1.82) is 0 Å². The van der Waals surface area contributed by atoms with Crippen molar-refractivity contribution >= 4 is 22.4 Å². The molecule has 3 aromatic carbocycles. The number of benzene rings is 3. The van der Waals surface area contributed by atoms with E-state index in [0.717, 1.165) is 39.0 Å². The number of fused-ring (bicyclic) bond motifs is 2. The molecule has 0 aliphatic carbocycles. The maximum absolute atomic E-state index is 13.6. The number of carbonyl (C=O) groups excluding carboxylic acids is 1. The maximum atomic E-state index is 13.6. The highest BCUT2D eigenvalue weighted by Crippen LogP contribution is 2.41. The normalized spacial score (nSPS) is 18.1. The van der Waals surface area contributed by atoms with E-state index in [4.69, 9.17) is 4.98 Å². The minimum atomic E-state index is -0.840. The van der Waals surface area contributed by atoms with E-state index in [0.29, 0.717) is 6.42 Å². The van der Waals surface area contributed by atoms with Gasteiger partial charge in [0.2, 0.25) is 0 Å². The summed E-state index contributed by atoms with van der Waals surface area (Å²) in [6.45, 7) is 2.04. The molecule has 0 radical (unpaired) electrons. The van der Waals surface area contributed by atoms with Gasteiger partial charge in [0, 0.05) is 28.8 Å². The van der Waals surface area contributed by atoms with Crippen molar-refractivity contribution in [2.75, 3.05) is 5.32 Å². The lowest BCUT2D eigenvalue weighted by molar-refractivity contribution is 0.0916. The molecule has 136 valence electrons. The predicted molar refractivity (Wildman–Crippen MR) is 113 cm³/mol. The molecule has 0 spiro atoms. The molecular weight excluding hydrogens is 344 g/mol. The zero-order valence-electron chi connectivity index (χ0n) is 15.6. The Hall–Kier alpha value is -3.46. The zero-order valence-corrected chi connectivity index (χ0v) is 15.6. The average Bonchev–Trinajstić information content (AvgIpc) is 3.00. The number of aryl methyl sites for hydroxylation is 1. The van der Waals surface area contributed by atoms with Gasteiger partial charge in [-0.15, -0.1) is 0 Å². The topological polar surface area (TPSA) is 42.0 Å². The second-order valence-electron chi connectivity index (χ2n) is 7.45. The van der Waals surface area contributed by atoms with Crippen molar-refractivity contribution in [3.05, 3.63) is 107 Å². The van der Waals surface area contributed by atoms with Gasteiger partial charge in [-0.1, -0.05) is 60.7 Å². The van der Waals surface area contributed by atoms with Crippen LogP contribution in [0.15, 0.2) is 84.9 Å². The molecule has 1 aliphatic rings. The molecule has 0 saturated heterocycles. The van der Waals surface area contributed by atoms with Gasteiger partial charge in [0.05, 0.1) is 5.52 Å². The van der Waals surface area contributed by atoms with E-state index in [-0.39, 0.29) is 5.78 Å². The summed E-state index contributed by atoms with van der Waals surface area (Å²) >= 11 is 0. The molecule has 3 heteroatoms. The Balaban J connectivity index is 1.64. The number of rotatable bonds is 3. The molecule has 2 heterocycles. The molecule has 4 aromatic rings. The van der Waals surface area contributed by atoms with Gasteiger partial charge in [0.25, 0.3) is 0 Å². The largest absolute Gasteiger partial charge is 0.368 e. The predicted octanol–water partition coefficient (Wildman–Crippen LogP) is 5.29. The fourth-order valence-corrected chi connectivity index (χ4v) is 4.11. The van der Waals surface area contributed by atoms with Crippen molar-refractivity contribution in [3.63, 3.8) is 0 Å². The first-order chi connectivity index (χ1) is 13.7. The van der Waals surface area contributed by atoms with Crippen molar-refractivity contribution in [2.45, 2.75) is 18.9 Å². The highest BCUT2D eigenvalue weighted by Gasteiger charge is 2.47. The Kier molecular flexibility index (Phi) is 3.76. The summed E-state index contributed by atoms with van der Waals surface area (Å²) in [5.74, 6) is 0.101. The van der Waals surface area contributed by atoms with Gasteiger partial charge in [-0.05, 0) is 42.3 Å². The number of Topliss-reactive ketones (excluding diaryl/α,β-unsaturated/α-hetero) is 1. The lowest BCUT2D eigenvalue weighted by Crippen LogP contribution is -2.41. The van der Waals surface area contributed by atoms with Crippen LogP contribution in [0.2, 0.25) is 0 Å². The highest BCUT2D eigenvalue weighted by molar-refractivity contribution is 6.14. The zero-order chi connectivity index (χ0) is 19.1. The monoisotopic (exact) mass is 364 g/mol. The standard InChI is InChI=1S/C25H20N2O/c1-17-11-14-21-23(15-17)27-25(24(21)28,19-8-3-2-4-9-19)16-20-13-12-18-7-5-6-10-22(18)26-20/h2-15,27H,16H2,1H3. The van der Waals surface area contributed by atoms with Gasteiger partial charge in [0.15, 0.2) is 5.78 Å². The molecule has 0 fully saturated rings. The van der Waals surface area contributed by atoms with Crippen LogP contribution < -0.4 is 5.32 Å². The molecule has 1 atom stereocenters. The Morgan fingerprint density at radius 3 is 2.54 bits per heavy atom. The number of ketones is 1. The molecule has 1 aliphatic heterocycles. The first-order valence-electron chi connectivity index (χ1n) is 9.50. The van der Waals surface area contributed by atoms with Crippen LogP contribution in [0, 0.1) is 6.92 Å². The molecule has 0 amide bonds. The van der Waals surface area contributed by atoms with Gasteiger partial charge >= 0.3 is 0 Å². The average molecular weight is 364 g/mol. The van der Waals surface area contributed by atoms with Crippen LogP contribution in [0.1, 0.15) is 27.2 Å². The summed E-state index contributed by atoms with van der Waals surface area (Å²) < 4.78 is 0. The summed E-state index contributed by atoms with van der Waals surface area (Å²) in [6.07, 6.45) is 0.494. The lowest BCUT2D eigenvalue weighted by atomic mass is 9.81. The second-order valence-corrected chi connectivity index (χ2v) is 7.45. The van der Waals surface area contributed by atoms with Crippen molar-refractivity contribution in [3.8, 4) is 0 Å². The van der Waals surface area contributed by atoms with Gasteiger partial charge in [-0.2, -0.15) is 0 Å². The lowest BCUT2D eigenvalue weighted by Gasteiger charge is -2.29. The number of aromatic nitrogens is 1. The third kappa shape index (κ3) is 2.59. The molecule has 5 rings (SSSR count). The first kappa shape index (κ1) is 16.7. The van der Waals surface area contributed by atoms with Crippen LogP contribution in [-0.2, 0) is 12.0 Å². The number of para-hydroxylation sites is 1. The molecule has 28 heavy (non-hydrogen) atoms. The number of carbonyl (C=O) groups is 1. The fourth-order valence-electron chi connectivity index (χ4n) is 4.11. The van der Waals surface area contributed by atoms with Crippen LogP contribution in [0.25, 0.3) is 10.9 Å². The van der Waals surface area contributed by atoms with Crippen molar-refractivity contribution in [2.24, 2.45) is 0 Å². The Morgan fingerprint density at radius 2 is 1.68 bits per heavy atom. The molecule has 1 aromatic heterocycles. The number of pyridine rings is 1. The second kappa shape index (κ2) is 6.31. The molecular formula is C25H20N2O. The van der Waals surface area contributed by atoms with Crippen LogP contribution in [0.3, 0.4) is 0 Å². The SMILES string of the molecule is Cc1ccc2c(c1)NC(Cc1ccc3ccccc3n1)(c1ccccc1)C2=O. The van der Waals surface area contributed by atoms with Crippen LogP contribution in [0.5, 0.6) is 0 Å². The van der Waals surface area contributed by atoms with Crippen LogP contribution in [-0.4, -0.2) is 10.8 Å². The molecule has 0 bridgehead atoms. The van der Waals surface area contributed by atoms with E-state index >= 15 is 0 Å². The molecule has 1 unspecified atom stereocenters. The van der Waals surface area contributed by atoms with E-state index in [1.807, 2.05) is 79.7 Å². The van der Waals surface area contributed by atoms with Crippen molar-refractivity contribution in [1.82, 2.24) is 4.98 Å². The number of hydrogen-bond donors (Lipinski definition) is 1. The van der Waals surface area contributed by atoms with Gasteiger partial charge in [-0.25, -0.2) is 0 Å². The number of hydrogen-bond acceptors (Lipinski definition) is 3. The number of nitrogens with zero attached hydrogens (tertiary/aromatic N) is 1. The molecule has 0 saturated carbocycles. The van der Waals surface area contributed by atoms with Crippen LogP contribution in [0.4, 0.5) is 5.69 Å². The number of anilines is 1. The van der Waals surface area contributed by atoms with Gasteiger partial charge < -0.3 is 5.32 Å². The molecule has 1 N–H and O–H groups in total. The number of nitrogens with one attached hydrogen (secondary N) is 1. The third-order valence-corrected chi connectivity index (χ3v) is 5.52. The fraction of sp³-hybridized carbons (Fsp3) is 0.120. The summed E-state index contributed by atoms with van der Waals surface area (Å²) in [5.41, 5.74) is 4.74. The Bertz CT molecular complexity index is 1200. The van der Waals surface area contributed by atoms with E-state index < -0.39 is 5.54 Å². The minimum absolute atomic E-state index is 0.101. The van der Waals surface area contributed by atoms with Gasteiger partial charge in [-0.3, -0.25) is 9.78 Å². The van der Waals surface area contributed by atoms with E-state index in [1.54, 1.807) is 0 Å². The highest BCUT2D eigenvalue weighted by atomic mass is 16.1.